The van der Waals surface area contributed by atoms with Gasteiger partial charge in [-0.15, -0.1) is 0 Å². The molecule has 0 aliphatic carbocycles. The highest BCUT2D eigenvalue weighted by Crippen LogP contribution is 2.32. The van der Waals surface area contributed by atoms with Gasteiger partial charge in [0.2, 0.25) is 12.7 Å². The number of ether oxygens (including phenoxy) is 3. The van der Waals surface area contributed by atoms with Crippen molar-refractivity contribution in [2.24, 2.45) is 0 Å². The number of carbonyl (C=O) groups excluding carboxylic acids is 1. The van der Waals surface area contributed by atoms with Crippen LogP contribution in [0.3, 0.4) is 0 Å². The predicted molar refractivity (Wildman–Crippen MR) is 106 cm³/mol. The summed E-state index contributed by atoms with van der Waals surface area (Å²) in [5.74, 6) is 1.30. The van der Waals surface area contributed by atoms with Gasteiger partial charge in [0.05, 0.1) is 7.11 Å². The molecule has 0 unspecified atom stereocenters. The minimum atomic E-state index is -0.354. The Balaban J connectivity index is 1.29. The van der Waals surface area contributed by atoms with E-state index in [1.165, 1.54) is 13.2 Å². The SMILES string of the molecule is COc1ccc(CN2CCN(C(=O)/C=C/c3ccc4c(c3)OCO4)CC2)cc1F. The lowest BCUT2D eigenvalue weighted by Crippen LogP contribution is -2.47. The van der Waals surface area contributed by atoms with Crippen molar-refractivity contribution in [3.05, 3.63) is 59.4 Å². The van der Waals surface area contributed by atoms with Crippen molar-refractivity contribution in [3.63, 3.8) is 0 Å². The van der Waals surface area contributed by atoms with E-state index < -0.39 is 0 Å². The summed E-state index contributed by atoms with van der Waals surface area (Å²) in [7, 11) is 1.45. The molecule has 152 valence electrons. The second-order valence-electron chi connectivity index (χ2n) is 7.02. The van der Waals surface area contributed by atoms with Crippen molar-refractivity contribution < 1.29 is 23.4 Å². The van der Waals surface area contributed by atoms with Crippen LogP contribution in [-0.2, 0) is 11.3 Å². The van der Waals surface area contributed by atoms with Crippen molar-refractivity contribution >= 4 is 12.0 Å². The van der Waals surface area contributed by atoms with Gasteiger partial charge in [-0.25, -0.2) is 4.39 Å². The average Bonchev–Trinajstić information content (AvgIpc) is 3.20. The fraction of sp³-hybridized carbons (Fsp3) is 0.318. The Bertz CT molecular complexity index is 923. The first-order valence-electron chi connectivity index (χ1n) is 9.54. The molecule has 7 heteroatoms. The average molecular weight is 398 g/mol. The normalized spacial score (nSPS) is 16.4. The molecule has 2 aromatic carbocycles. The molecule has 29 heavy (non-hydrogen) atoms. The van der Waals surface area contributed by atoms with E-state index in [2.05, 4.69) is 4.90 Å². The Labute approximate surface area is 169 Å². The molecule has 6 nitrogen and oxygen atoms in total. The molecule has 1 amide bonds. The minimum absolute atomic E-state index is 0.0159. The number of amides is 1. The second kappa shape index (κ2) is 8.53. The van der Waals surface area contributed by atoms with Crippen LogP contribution in [-0.4, -0.2) is 55.8 Å². The zero-order valence-electron chi connectivity index (χ0n) is 16.3. The molecular weight excluding hydrogens is 375 g/mol. The molecular formula is C22H23FN2O4. The maximum absolute atomic E-state index is 13.9. The molecule has 0 spiro atoms. The number of piperazine rings is 1. The van der Waals surface area contributed by atoms with E-state index in [0.29, 0.717) is 25.4 Å². The van der Waals surface area contributed by atoms with Gasteiger partial charge < -0.3 is 19.1 Å². The number of methoxy groups -OCH3 is 1. The van der Waals surface area contributed by atoms with E-state index in [4.69, 9.17) is 14.2 Å². The summed E-state index contributed by atoms with van der Waals surface area (Å²) >= 11 is 0. The van der Waals surface area contributed by atoms with Crippen molar-refractivity contribution in [2.45, 2.75) is 6.54 Å². The van der Waals surface area contributed by atoms with Gasteiger partial charge in [-0.2, -0.15) is 0 Å². The molecule has 2 heterocycles. The van der Waals surface area contributed by atoms with Gasteiger partial charge in [0, 0.05) is 38.8 Å². The first-order chi connectivity index (χ1) is 14.1. The molecule has 2 aromatic rings. The first kappa shape index (κ1) is 19.3. The Morgan fingerprint density at radius 3 is 2.66 bits per heavy atom. The van der Waals surface area contributed by atoms with Gasteiger partial charge in [-0.05, 0) is 41.5 Å². The van der Waals surface area contributed by atoms with Crippen LogP contribution in [0.25, 0.3) is 6.08 Å². The lowest BCUT2D eigenvalue weighted by molar-refractivity contribution is -0.127. The fourth-order valence-corrected chi connectivity index (χ4v) is 3.48. The van der Waals surface area contributed by atoms with Crippen molar-refractivity contribution in [3.8, 4) is 17.2 Å². The molecule has 2 aliphatic rings. The van der Waals surface area contributed by atoms with Crippen LogP contribution in [0.5, 0.6) is 17.2 Å². The molecule has 4 rings (SSSR count). The largest absolute Gasteiger partial charge is 0.494 e. The van der Waals surface area contributed by atoms with E-state index in [0.717, 1.165) is 30.0 Å². The van der Waals surface area contributed by atoms with E-state index in [1.807, 2.05) is 29.2 Å². The number of nitrogens with zero attached hydrogens (tertiary/aromatic N) is 2. The molecule has 0 bridgehead atoms. The Morgan fingerprint density at radius 1 is 1.10 bits per heavy atom. The molecule has 0 atom stereocenters. The van der Waals surface area contributed by atoms with Gasteiger partial charge in [-0.3, -0.25) is 9.69 Å². The van der Waals surface area contributed by atoms with Crippen LogP contribution in [0, 0.1) is 5.82 Å². The van der Waals surface area contributed by atoms with Gasteiger partial charge in [0.25, 0.3) is 0 Å². The van der Waals surface area contributed by atoms with Gasteiger partial charge in [-0.1, -0.05) is 12.1 Å². The van der Waals surface area contributed by atoms with Gasteiger partial charge in [0.1, 0.15) is 0 Å². The van der Waals surface area contributed by atoms with E-state index in [9.17, 15) is 9.18 Å². The Morgan fingerprint density at radius 2 is 1.90 bits per heavy atom. The maximum Gasteiger partial charge on any atom is 0.246 e. The smallest absolute Gasteiger partial charge is 0.246 e. The molecule has 2 aliphatic heterocycles. The molecule has 1 fully saturated rings. The lowest BCUT2D eigenvalue weighted by Gasteiger charge is -2.34. The number of carbonyl (C=O) groups is 1. The number of rotatable bonds is 5. The molecule has 0 aromatic heterocycles. The van der Waals surface area contributed by atoms with Crippen molar-refractivity contribution in [2.75, 3.05) is 40.1 Å². The summed E-state index contributed by atoms with van der Waals surface area (Å²) in [4.78, 5) is 16.5. The highest BCUT2D eigenvalue weighted by Gasteiger charge is 2.20. The van der Waals surface area contributed by atoms with E-state index >= 15 is 0 Å². The number of benzene rings is 2. The van der Waals surface area contributed by atoms with Crippen LogP contribution < -0.4 is 14.2 Å². The number of fused-ring (bicyclic) bond motifs is 1. The van der Waals surface area contributed by atoms with Crippen LogP contribution in [0.2, 0.25) is 0 Å². The molecule has 1 saturated heterocycles. The zero-order valence-corrected chi connectivity index (χ0v) is 16.3. The van der Waals surface area contributed by atoms with Crippen LogP contribution in [0.4, 0.5) is 4.39 Å². The fourth-order valence-electron chi connectivity index (χ4n) is 3.48. The van der Waals surface area contributed by atoms with E-state index in [-0.39, 0.29) is 24.3 Å². The Hall–Kier alpha value is -3.06. The third-order valence-corrected chi connectivity index (χ3v) is 5.12. The molecule has 0 N–H and O–H groups in total. The Kier molecular flexibility index (Phi) is 5.67. The monoisotopic (exact) mass is 398 g/mol. The van der Waals surface area contributed by atoms with Gasteiger partial charge in [0.15, 0.2) is 23.1 Å². The number of halogens is 1. The highest BCUT2D eigenvalue weighted by molar-refractivity contribution is 5.92. The maximum atomic E-state index is 13.9. The van der Waals surface area contributed by atoms with Crippen LogP contribution in [0.1, 0.15) is 11.1 Å². The predicted octanol–water partition coefficient (Wildman–Crippen LogP) is 2.92. The van der Waals surface area contributed by atoms with E-state index in [1.54, 1.807) is 18.2 Å². The van der Waals surface area contributed by atoms with Crippen LogP contribution in [0.15, 0.2) is 42.5 Å². The minimum Gasteiger partial charge on any atom is -0.494 e. The summed E-state index contributed by atoms with van der Waals surface area (Å²) in [5, 5.41) is 0. The summed E-state index contributed by atoms with van der Waals surface area (Å²) < 4.78 is 29.5. The topological polar surface area (TPSA) is 51.2 Å². The number of hydrogen-bond donors (Lipinski definition) is 0. The second-order valence-corrected chi connectivity index (χ2v) is 7.02. The van der Waals surface area contributed by atoms with Crippen molar-refractivity contribution in [1.29, 1.82) is 0 Å². The standard InChI is InChI=1S/C22H23FN2O4/c1-27-19-5-3-17(12-18(19)23)14-24-8-10-25(11-9-24)22(26)7-4-16-2-6-20-21(13-16)29-15-28-20/h2-7,12-13H,8-11,14-15H2,1H3/b7-4+. The third kappa shape index (κ3) is 4.51. The van der Waals surface area contributed by atoms with Crippen LogP contribution >= 0.6 is 0 Å². The first-order valence-corrected chi connectivity index (χ1v) is 9.54. The third-order valence-electron chi connectivity index (χ3n) is 5.12. The van der Waals surface area contributed by atoms with Crippen molar-refractivity contribution in [1.82, 2.24) is 9.80 Å². The summed E-state index contributed by atoms with van der Waals surface area (Å²) in [5.41, 5.74) is 1.79. The molecule has 0 saturated carbocycles. The quantitative estimate of drug-likeness (QED) is 0.725. The number of hydrogen-bond acceptors (Lipinski definition) is 5. The van der Waals surface area contributed by atoms with Gasteiger partial charge >= 0.3 is 0 Å². The lowest BCUT2D eigenvalue weighted by atomic mass is 10.1. The molecule has 0 radical (unpaired) electrons. The highest BCUT2D eigenvalue weighted by atomic mass is 19.1. The summed E-state index contributed by atoms with van der Waals surface area (Å²) in [6, 6.07) is 10.6. The zero-order chi connectivity index (χ0) is 20.2. The summed E-state index contributed by atoms with van der Waals surface area (Å²) in [6.07, 6.45) is 3.38. The summed E-state index contributed by atoms with van der Waals surface area (Å²) in [6.45, 7) is 3.66.